The van der Waals surface area contributed by atoms with E-state index in [1.54, 1.807) is 0 Å². The SMILES string of the molecule is CC(C)c1ccc2nc3c(c(C(=N)N)c2c1)CCCC3. The summed E-state index contributed by atoms with van der Waals surface area (Å²) in [6, 6.07) is 6.38. The quantitative estimate of drug-likeness (QED) is 0.646. The molecule has 0 amide bonds. The van der Waals surface area contributed by atoms with Crippen molar-refractivity contribution in [2.45, 2.75) is 45.4 Å². The van der Waals surface area contributed by atoms with Crippen molar-refractivity contribution in [3.05, 3.63) is 40.6 Å². The molecule has 0 aliphatic heterocycles. The third-order valence-corrected chi connectivity index (χ3v) is 4.22. The van der Waals surface area contributed by atoms with Crippen LogP contribution >= 0.6 is 0 Å². The largest absolute Gasteiger partial charge is 0.384 e. The highest BCUT2D eigenvalue weighted by Crippen LogP contribution is 2.30. The Bertz CT molecular complexity index is 686. The van der Waals surface area contributed by atoms with Crippen molar-refractivity contribution in [1.82, 2.24) is 4.98 Å². The van der Waals surface area contributed by atoms with Crippen LogP contribution in [0.3, 0.4) is 0 Å². The first-order valence-corrected chi connectivity index (χ1v) is 7.37. The number of amidine groups is 1. The van der Waals surface area contributed by atoms with E-state index in [2.05, 4.69) is 32.0 Å². The minimum absolute atomic E-state index is 0.177. The summed E-state index contributed by atoms with van der Waals surface area (Å²) in [4.78, 5) is 4.81. The molecular formula is C17H21N3. The maximum Gasteiger partial charge on any atom is 0.123 e. The summed E-state index contributed by atoms with van der Waals surface area (Å²) in [7, 11) is 0. The zero-order valence-electron chi connectivity index (χ0n) is 12.2. The van der Waals surface area contributed by atoms with Gasteiger partial charge >= 0.3 is 0 Å². The highest BCUT2D eigenvalue weighted by atomic mass is 14.7. The molecule has 0 saturated heterocycles. The maximum absolute atomic E-state index is 7.99. The number of nitrogens with zero attached hydrogens (tertiary/aromatic N) is 1. The van der Waals surface area contributed by atoms with Gasteiger partial charge in [0.1, 0.15) is 5.84 Å². The van der Waals surface area contributed by atoms with Crippen molar-refractivity contribution in [2.75, 3.05) is 0 Å². The van der Waals surface area contributed by atoms with Crippen molar-refractivity contribution in [2.24, 2.45) is 5.73 Å². The molecule has 3 heteroatoms. The van der Waals surface area contributed by atoms with E-state index in [1.165, 1.54) is 24.0 Å². The maximum atomic E-state index is 7.99. The molecule has 3 N–H and O–H groups in total. The number of nitrogen functional groups attached to an aromatic ring is 1. The van der Waals surface area contributed by atoms with Crippen LogP contribution < -0.4 is 5.73 Å². The van der Waals surface area contributed by atoms with E-state index in [4.69, 9.17) is 16.1 Å². The fraction of sp³-hybridized carbons (Fsp3) is 0.412. The molecule has 0 fully saturated rings. The number of aromatic nitrogens is 1. The predicted molar refractivity (Wildman–Crippen MR) is 83.5 cm³/mol. The van der Waals surface area contributed by atoms with Crippen LogP contribution in [-0.2, 0) is 12.8 Å². The monoisotopic (exact) mass is 267 g/mol. The Kier molecular flexibility index (Phi) is 3.20. The van der Waals surface area contributed by atoms with Crippen LogP contribution in [0, 0.1) is 5.41 Å². The summed E-state index contributed by atoms with van der Waals surface area (Å²) >= 11 is 0. The molecule has 1 aromatic heterocycles. The topological polar surface area (TPSA) is 62.8 Å². The van der Waals surface area contributed by atoms with Gasteiger partial charge in [0.2, 0.25) is 0 Å². The number of nitrogens with one attached hydrogen (secondary N) is 1. The molecule has 0 bridgehead atoms. The van der Waals surface area contributed by atoms with Crippen LogP contribution in [0.2, 0.25) is 0 Å². The van der Waals surface area contributed by atoms with Crippen LogP contribution in [0.25, 0.3) is 10.9 Å². The molecule has 1 heterocycles. The van der Waals surface area contributed by atoms with Gasteiger partial charge in [0.15, 0.2) is 0 Å². The number of aryl methyl sites for hydroxylation is 1. The molecule has 3 rings (SSSR count). The summed E-state index contributed by atoms with van der Waals surface area (Å²) in [5.41, 5.74) is 11.4. The Hall–Kier alpha value is -1.90. The van der Waals surface area contributed by atoms with E-state index >= 15 is 0 Å². The van der Waals surface area contributed by atoms with E-state index in [-0.39, 0.29) is 5.84 Å². The first-order chi connectivity index (χ1) is 9.58. The summed E-state index contributed by atoms with van der Waals surface area (Å²) in [5.74, 6) is 0.645. The molecule has 0 radical (unpaired) electrons. The molecule has 20 heavy (non-hydrogen) atoms. The molecule has 3 nitrogen and oxygen atoms in total. The average molecular weight is 267 g/mol. The van der Waals surface area contributed by atoms with Crippen molar-refractivity contribution in [3.63, 3.8) is 0 Å². The summed E-state index contributed by atoms with van der Waals surface area (Å²) in [5, 5.41) is 9.03. The number of hydrogen-bond acceptors (Lipinski definition) is 2. The third kappa shape index (κ3) is 2.07. The van der Waals surface area contributed by atoms with E-state index < -0.39 is 0 Å². The Labute approximate surface area is 119 Å². The number of benzene rings is 1. The molecular weight excluding hydrogens is 246 g/mol. The van der Waals surface area contributed by atoms with Gasteiger partial charge in [0.25, 0.3) is 0 Å². The second kappa shape index (κ2) is 4.89. The fourth-order valence-electron chi connectivity index (χ4n) is 3.11. The first-order valence-electron chi connectivity index (χ1n) is 7.37. The van der Waals surface area contributed by atoms with Gasteiger partial charge in [-0.2, -0.15) is 0 Å². The standard InChI is InChI=1S/C17H21N3/c1-10(2)11-7-8-15-13(9-11)16(17(18)19)12-5-3-4-6-14(12)20-15/h7-10H,3-6H2,1-2H3,(H3,18,19). The molecule has 1 aliphatic rings. The molecule has 1 aliphatic carbocycles. The number of pyridine rings is 1. The average Bonchev–Trinajstić information content (AvgIpc) is 2.43. The van der Waals surface area contributed by atoms with Crippen LogP contribution in [0.5, 0.6) is 0 Å². The number of rotatable bonds is 2. The lowest BCUT2D eigenvalue weighted by Crippen LogP contribution is -2.19. The summed E-state index contributed by atoms with van der Waals surface area (Å²) < 4.78 is 0. The first kappa shape index (κ1) is 13.1. The van der Waals surface area contributed by atoms with Crippen molar-refractivity contribution in [3.8, 4) is 0 Å². The van der Waals surface area contributed by atoms with Crippen molar-refractivity contribution in [1.29, 1.82) is 5.41 Å². The van der Waals surface area contributed by atoms with E-state index in [0.29, 0.717) is 5.92 Å². The van der Waals surface area contributed by atoms with Gasteiger partial charge in [0.05, 0.1) is 5.52 Å². The van der Waals surface area contributed by atoms with Gasteiger partial charge in [-0.15, -0.1) is 0 Å². The van der Waals surface area contributed by atoms with Crippen LogP contribution in [-0.4, -0.2) is 10.8 Å². The van der Waals surface area contributed by atoms with Gasteiger partial charge in [-0.1, -0.05) is 19.9 Å². The lowest BCUT2D eigenvalue weighted by Gasteiger charge is -2.20. The van der Waals surface area contributed by atoms with E-state index in [1.807, 2.05) is 0 Å². The highest BCUT2D eigenvalue weighted by molar-refractivity contribution is 6.08. The molecule has 1 aromatic carbocycles. The van der Waals surface area contributed by atoms with Crippen molar-refractivity contribution < 1.29 is 0 Å². The van der Waals surface area contributed by atoms with Gasteiger partial charge in [-0.25, -0.2) is 0 Å². The lowest BCUT2D eigenvalue weighted by atomic mass is 9.88. The molecule has 0 spiro atoms. The van der Waals surface area contributed by atoms with Gasteiger partial charge < -0.3 is 5.73 Å². The Balaban J connectivity index is 2.34. The lowest BCUT2D eigenvalue weighted by molar-refractivity contribution is 0.670. The highest BCUT2D eigenvalue weighted by Gasteiger charge is 2.20. The number of hydrogen-bond donors (Lipinski definition) is 2. The Morgan fingerprint density at radius 1 is 1.25 bits per heavy atom. The molecule has 104 valence electrons. The Morgan fingerprint density at radius 2 is 2.00 bits per heavy atom. The molecule has 0 unspecified atom stereocenters. The molecule has 0 atom stereocenters. The zero-order chi connectivity index (χ0) is 14.3. The summed E-state index contributed by atoms with van der Waals surface area (Å²) in [6.07, 6.45) is 4.37. The van der Waals surface area contributed by atoms with Gasteiger partial charge in [-0.3, -0.25) is 10.4 Å². The zero-order valence-corrected chi connectivity index (χ0v) is 12.2. The van der Waals surface area contributed by atoms with Crippen LogP contribution in [0.4, 0.5) is 0 Å². The molecule has 0 saturated carbocycles. The van der Waals surface area contributed by atoms with E-state index in [0.717, 1.165) is 35.0 Å². The fourth-order valence-corrected chi connectivity index (χ4v) is 3.11. The second-order valence-electron chi connectivity index (χ2n) is 5.96. The minimum atomic E-state index is 0.177. The Morgan fingerprint density at radius 3 is 2.70 bits per heavy atom. The number of nitrogens with two attached hydrogens (primary N) is 1. The van der Waals surface area contributed by atoms with Crippen molar-refractivity contribution >= 4 is 16.7 Å². The van der Waals surface area contributed by atoms with Gasteiger partial charge in [0, 0.05) is 16.6 Å². The number of fused-ring (bicyclic) bond motifs is 2. The van der Waals surface area contributed by atoms with E-state index in [9.17, 15) is 0 Å². The van der Waals surface area contributed by atoms with Gasteiger partial charge in [-0.05, 0) is 54.9 Å². The summed E-state index contributed by atoms with van der Waals surface area (Å²) in [6.45, 7) is 4.36. The molecule has 2 aromatic rings. The smallest absolute Gasteiger partial charge is 0.123 e. The third-order valence-electron chi connectivity index (χ3n) is 4.22. The normalized spacial score (nSPS) is 14.6. The second-order valence-corrected chi connectivity index (χ2v) is 5.96. The van der Waals surface area contributed by atoms with Crippen LogP contribution in [0.15, 0.2) is 18.2 Å². The van der Waals surface area contributed by atoms with Crippen LogP contribution in [0.1, 0.15) is 55.0 Å². The predicted octanol–water partition coefficient (Wildman–Crippen LogP) is 3.52. The minimum Gasteiger partial charge on any atom is -0.384 e.